The maximum Gasteiger partial charge on any atom is 0.326 e. The number of imidazole rings is 1. The molecule has 10 N–H and O–H groups in total. The molecule has 0 aliphatic carbocycles. The van der Waals surface area contributed by atoms with Gasteiger partial charge in [-0.15, -0.1) is 0 Å². The Balaban J connectivity index is 3.05. The number of nitrogens with zero attached hydrogens (tertiary/aromatic N) is 1. The van der Waals surface area contributed by atoms with Gasteiger partial charge in [0, 0.05) is 24.7 Å². The van der Waals surface area contributed by atoms with Gasteiger partial charge in [0.1, 0.15) is 18.1 Å². The first kappa shape index (κ1) is 30.0. The van der Waals surface area contributed by atoms with Gasteiger partial charge in [0.2, 0.25) is 23.6 Å². The quantitative estimate of drug-likeness (QED) is 0.117. The molecule has 4 amide bonds. The third-order valence-electron chi connectivity index (χ3n) is 4.98. The van der Waals surface area contributed by atoms with Gasteiger partial charge in [-0.1, -0.05) is 13.8 Å². The second-order valence-electron chi connectivity index (χ2n) is 8.64. The van der Waals surface area contributed by atoms with Crippen LogP contribution in [-0.4, -0.2) is 79.9 Å². The van der Waals surface area contributed by atoms with Crippen molar-refractivity contribution in [3.63, 3.8) is 0 Å². The number of carbonyl (C=O) groups excluding carboxylic acids is 4. The van der Waals surface area contributed by atoms with Crippen LogP contribution in [0.25, 0.3) is 0 Å². The summed E-state index contributed by atoms with van der Waals surface area (Å²) >= 11 is 0. The van der Waals surface area contributed by atoms with Crippen LogP contribution in [0.2, 0.25) is 0 Å². The molecule has 0 aliphatic rings. The summed E-state index contributed by atoms with van der Waals surface area (Å²) in [5, 5.41) is 25.5. The fourth-order valence-electron chi connectivity index (χ4n) is 3.15. The van der Waals surface area contributed by atoms with E-state index in [2.05, 4.69) is 25.9 Å². The molecule has 0 fully saturated rings. The summed E-state index contributed by atoms with van der Waals surface area (Å²) in [5.74, 6) is -6.20. The number of hydrogen-bond acceptors (Lipinski definition) is 8. The topological polar surface area (TPSA) is 260 Å². The molecule has 0 saturated heterocycles. The standard InChI is InChI=1S/C21H33N7O8/c1-10(2)5-15(21(35)36)28-20(34)14(7-17(30)31)27-19(33)13(6-11-8-24-9-25-11)26-18(32)12(22)3-4-16(23)29/h8-10,12-15H,3-7,22H2,1-2H3,(H2,23,29)(H,24,25)(H,26,32)(H,27,33)(H,28,34)(H,30,31)(H,35,36). The Morgan fingerprint density at radius 1 is 0.972 bits per heavy atom. The molecule has 0 aliphatic heterocycles. The summed E-state index contributed by atoms with van der Waals surface area (Å²) in [4.78, 5) is 78.6. The van der Waals surface area contributed by atoms with Crippen molar-refractivity contribution in [3.8, 4) is 0 Å². The van der Waals surface area contributed by atoms with Gasteiger partial charge in [0.25, 0.3) is 0 Å². The Bertz CT molecular complexity index is 935. The van der Waals surface area contributed by atoms with Crippen molar-refractivity contribution in [3.05, 3.63) is 18.2 Å². The van der Waals surface area contributed by atoms with Crippen molar-refractivity contribution in [1.29, 1.82) is 0 Å². The molecular weight excluding hydrogens is 478 g/mol. The smallest absolute Gasteiger partial charge is 0.326 e. The lowest BCUT2D eigenvalue weighted by molar-refractivity contribution is -0.144. The van der Waals surface area contributed by atoms with Crippen molar-refractivity contribution in [2.75, 3.05) is 0 Å². The van der Waals surface area contributed by atoms with E-state index in [1.807, 2.05) is 0 Å². The highest BCUT2D eigenvalue weighted by molar-refractivity contribution is 5.95. The highest BCUT2D eigenvalue weighted by Gasteiger charge is 2.32. The largest absolute Gasteiger partial charge is 0.481 e. The van der Waals surface area contributed by atoms with E-state index in [4.69, 9.17) is 11.5 Å². The zero-order chi connectivity index (χ0) is 27.4. The second-order valence-corrected chi connectivity index (χ2v) is 8.64. The molecule has 1 heterocycles. The van der Waals surface area contributed by atoms with Gasteiger partial charge < -0.3 is 42.6 Å². The van der Waals surface area contributed by atoms with E-state index < -0.39 is 66.2 Å². The van der Waals surface area contributed by atoms with Crippen LogP contribution in [0.1, 0.15) is 45.2 Å². The Kier molecular flexibility index (Phi) is 12.0. The van der Waals surface area contributed by atoms with Gasteiger partial charge in [0.15, 0.2) is 0 Å². The monoisotopic (exact) mass is 511 g/mol. The molecule has 36 heavy (non-hydrogen) atoms. The van der Waals surface area contributed by atoms with Gasteiger partial charge in [-0.2, -0.15) is 0 Å². The Hall–Kier alpha value is -4.01. The summed E-state index contributed by atoms with van der Waals surface area (Å²) in [5.41, 5.74) is 11.2. The molecule has 0 bridgehead atoms. The number of nitrogens with two attached hydrogens (primary N) is 2. The highest BCUT2D eigenvalue weighted by atomic mass is 16.4. The van der Waals surface area contributed by atoms with Gasteiger partial charge in [-0.05, 0) is 18.8 Å². The van der Waals surface area contributed by atoms with E-state index in [9.17, 15) is 39.0 Å². The van der Waals surface area contributed by atoms with Crippen molar-refractivity contribution in [2.45, 2.75) is 70.1 Å². The predicted molar refractivity (Wildman–Crippen MR) is 124 cm³/mol. The normalized spacial score (nSPS) is 14.2. The number of hydrogen-bond donors (Lipinski definition) is 8. The summed E-state index contributed by atoms with van der Waals surface area (Å²) in [7, 11) is 0. The molecule has 4 atom stereocenters. The summed E-state index contributed by atoms with van der Waals surface area (Å²) in [6, 6.07) is -5.41. The molecule has 4 unspecified atom stereocenters. The SMILES string of the molecule is CC(C)CC(NC(=O)C(CC(=O)O)NC(=O)C(Cc1cnc[nH]1)NC(=O)C(N)CCC(N)=O)C(=O)O. The fourth-order valence-corrected chi connectivity index (χ4v) is 3.15. The summed E-state index contributed by atoms with van der Waals surface area (Å²) < 4.78 is 0. The van der Waals surface area contributed by atoms with Crippen LogP contribution in [0.15, 0.2) is 12.5 Å². The number of aromatic amines is 1. The van der Waals surface area contributed by atoms with Crippen LogP contribution in [-0.2, 0) is 35.2 Å². The predicted octanol–water partition coefficient (Wildman–Crippen LogP) is -2.40. The van der Waals surface area contributed by atoms with E-state index in [-0.39, 0.29) is 31.6 Å². The summed E-state index contributed by atoms with van der Waals surface area (Å²) in [6.07, 6.45) is 1.62. The minimum absolute atomic E-state index is 0.0734. The second kappa shape index (κ2) is 14.4. The molecule has 0 spiro atoms. The van der Waals surface area contributed by atoms with Crippen LogP contribution < -0.4 is 27.4 Å². The molecule has 200 valence electrons. The number of H-pyrrole nitrogens is 1. The van der Waals surface area contributed by atoms with Crippen molar-refractivity contribution in [1.82, 2.24) is 25.9 Å². The molecule has 0 radical (unpaired) electrons. The molecule has 1 aromatic rings. The number of nitrogens with one attached hydrogen (secondary N) is 4. The zero-order valence-corrected chi connectivity index (χ0v) is 20.0. The van der Waals surface area contributed by atoms with Crippen molar-refractivity contribution < 1.29 is 39.0 Å². The number of aromatic nitrogens is 2. The number of carboxylic acids is 2. The average molecular weight is 512 g/mol. The van der Waals surface area contributed by atoms with Crippen LogP contribution >= 0.6 is 0 Å². The third kappa shape index (κ3) is 10.9. The first-order valence-electron chi connectivity index (χ1n) is 11.2. The number of carboxylic acid groups (broad SMARTS) is 2. The minimum atomic E-state index is -1.63. The molecule has 0 saturated carbocycles. The molecule has 15 heteroatoms. The van der Waals surface area contributed by atoms with Gasteiger partial charge in [-0.25, -0.2) is 9.78 Å². The lowest BCUT2D eigenvalue weighted by Gasteiger charge is -2.24. The van der Waals surface area contributed by atoms with Crippen LogP contribution in [0.3, 0.4) is 0 Å². The molecule has 1 rings (SSSR count). The Morgan fingerprint density at radius 3 is 2.06 bits per heavy atom. The number of primary amides is 1. The molecule has 15 nitrogen and oxygen atoms in total. The fraction of sp³-hybridized carbons (Fsp3) is 0.571. The average Bonchev–Trinajstić information content (AvgIpc) is 3.28. The minimum Gasteiger partial charge on any atom is -0.481 e. The lowest BCUT2D eigenvalue weighted by atomic mass is 10.0. The highest BCUT2D eigenvalue weighted by Crippen LogP contribution is 2.07. The van der Waals surface area contributed by atoms with Gasteiger partial charge in [-0.3, -0.25) is 24.0 Å². The van der Waals surface area contributed by atoms with Crippen LogP contribution in [0, 0.1) is 5.92 Å². The van der Waals surface area contributed by atoms with E-state index >= 15 is 0 Å². The summed E-state index contributed by atoms with van der Waals surface area (Å²) in [6.45, 7) is 3.49. The molecular formula is C21H33N7O8. The lowest BCUT2D eigenvalue weighted by Crippen LogP contribution is -2.58. The van der Waals surface area contributed by atoms with E-state index in [1.165, 1.54) is 12.5 Å². The van der Waals surface area contributed by atoms with E-state index in [1.54, 1.807) is 13.8 Å². The van der Waals surface area contributed by atoms with Crippen molar-refractivity contribution in [2.24, 2.45) is 17.4 Å². The van der Waals surface area contributed by atoms with Crippen molar-refractivity contribution >= 4 is 35.6 Å². The first-order valence-corrected chi connectivity index (χ1v) is 11.2. The molecule has 0 aromatic carbocycles. The Labute approximate surface area is 206 Å². The van der Waals surface area contributed by atoms with Crippen LogP contribution in [0.4, 0.5) is 0 Å². The maximum absolute atomic E-state index is 13.0. The first-order chi connectivity index (χ1) is 16.8. The van der Waals surface area contributed by atoms with Gasteiger partial charge in [0.05, 0.1) is 18.8 Å². The van der Waals surface area contributed by atoms with Gasteiger partial charge >= 0.3 is 11.9 Å². The number of rotatable bonds is 16. The number of amides is 4. The van der Waals surface area contributed by atoms with E-state index in [0.29, 0.717) is 5.69 Å². The molecule has 1 aromatic heterocycles. The number of carbonyl (C=O) groups is 6. The zero-order valence-electron chi connectivity index (χ0n) is 20.0. The van der Waals surface area contributed by atoms with Crippen LogP contribution in [0.5, 0.6) is 0 Å². The van der Waals surface area contributed by atoms with E-state index in [0.717, 1.165) is 0 Å². The maximum atomic E-state index is 13.0. The number of aliphatic carboxylic acids is 2. The third-order valence-corrected chi connectivity index (χ3v) is 4.98. The Morgan fingerprint density at radius 2 is 1.56 bits per heavy atom.